The highest BCUT2D eigenvalue weighted by Gasteiger charge is 2.35. The van der Waals surface area contributed by atoms with Gasteiger partial charge in [0.1, 0.15) is 5.69 Å². The molecular weight excluding hydrogens is 452 g/mol. The first-order chi connectivity index (χ1) is 17.0. The summed E-state index contributed by atoms with van der Waals surface area (Å²) in [6.45, 7) is 12.1. The molecule has 2 N–H and O–H groups in total. The Hall–Kier alpha value is -3.35. The van der Waals surface area contributed by atoms with E-state index in [4.69, 9.17) is 4.74 Å². The summed E-state index contributed by atoms with van der Waals surface area (Å²) >= 11 is 0. The first kappa shape index (κ1) is 25.7. The molecule has 6 heteroatoms. The van der Waals surface area contributed by atoms with Gasteiger partial charge in [0.2, 0.25) is 5.78 Å². The van der Waals surface area contributed by atoms with Crippen LogP contribution in [-0.4, -0.2) is 34.0 Å². The lowest BCUT2D eigenvalue weighted by atomic mass is 9.80. The van der Waals surface area contributed by atoms with Crippen molar-refractivity contribution in [2.75, 3.05) is 6.54 Å². The van der Waals surface area contributed by atoms with E-state index in [1.807, 2.05) is 77.9 Å². The second-order valence-electron chi connectivity index (χ2n) is 10.6. The maximum absolute atomic E-state index is 13.6. The van der Waals surface area contributed by atoms with Gasteiger partial charge in [-0.3, -0.25) is 9.78 Å². The molecule has 0 bridgehead atoms. The van der Waals surface area contributed by atoms with Crippen molar-refractivity contribution in [1.29, 1.82) is 0 Å². The molecule has 0 saturated heterocycles. The second kappa shape index (κ2) is 9.96. The van der Waals surface area contributed by atoms with Crippen LogP contribution < -0.4 is 5.32 Å². The first-order valence-electron chi connectivity index (χ1n) is 12.3. The third kappa shape index (κ3) is 5.25. The lowest BCUT2D eigenvalue weighted by Crippen LogP contribution is -2.37. The summed E-state index contributed by atoms with van der Waals surface area (Å²) in [6.07, 6.45) is 1.24. The fourth-order valence-corrected chi connectivity index (χ4v) is 4.89. The Morgan fingerprint density at radius 2 is 1.72 bits per heavy atom. The lowest BCUT2D eigenvalue weighted by Gasteiger charge is -2.33. The Balaban J connectivity index is 1.94. The average molecular weight is 487 g/mol. The molecule has 3 aromatic rings. The number of nitrogens with zero attached hydrogens (tertiary/aromatic N) is 1. The van der Waals surface area contributed by atoms with Gasteiger partial charge in [-0.1, -0.05) is 42.0 Å². The van der Waals surface area contributed by atoms with Gasteiger partial charge >= 0.3 is 5.97 Å². The quantitative estimate of drug-likeness (QED) is 0.436. The molecule has 6 nitrogen and oxygen atoms in total. The second-order valence-corrected chi connectivity index (χ2v) is 10.6. The summed E-state index contributed by atoms with van der Waals surface area (Å²) in [5.41, 5.74) is 6.89. The van der Waals surface area contributed by atoms with Gasteiger partial charge in [-0.05, 0) is 87.4 Å². The van der Waals surface area contributed by atoms with Gasteiger partial charge in [0.25, 0.3) is 0 Å². The average Bonchev–Trinajstić information content (AvgIpc) is 2.82. The fourth-order valence-electron chi connectivity index (χ4n) is 4.89. The van der Waals surface area contributed by atoms with Gasteiger partial charge < -0.3 is 15.2 Å². The van der Waals surface area contributed by atoms with Gasteiger partial charge in [-0.2, -0.15) is 0 Å². The minimum absolute atomic E-state index is 0.0950. The van der Waals surface area contributed by atoms with Crippen molar-refractivity contribution in [3.8, 4) is 11.1 Å². The van der Waals surface area contributed by atoms with Crippen molar-refractivity contribution < 1.29 is 19.4 Å². The maximum Gasteiger partial charge on any atom is 0.337 e. The van der Waals surface area contributed by atoms with Crippen LogP contribution in [0.3, 0.4) is 0 Å². The molecule has 0 fully saturated rings. The van der Waals surface area contributed by atoms with E-state index in [0.29, 0.717) is 24.2 Å². The molecular formula is C30H34N2O4. The van der Waals surface area contributed by atoms with Crippen molar-refractivity contribution in [3.05, 3.63) is 87.7 Å². The predicted octanol–water partition coefficient (Wildman–Crippen LogP) is 5.68. The standard InChI is InChI=1S/C30H34N2O4/c1-17-7-10-20(11-8-17)24-19(3)25-21(15-22(24)28(29(34)35)36-30(4,5)6)13-14-31-26(25)27(33)23-12-9-18(2)16-32-23/h7-12,15-16,26,28,31H,13-14H2,1-6H3,(H,34,35)/t26?,28-/m0/s1. The molecule has 4 rings (SSSR count). The maximum atomic E-state index is 13.6. The number of carbonyl (C=O) groups is 2. The van der Waals surface area contributed by atoms with Crippen molar-refractivity contribution >= 4 is 11.8 Å². The molecule has 0 spiro atoms. The van der Waals surface area contributed by atoms with Crippen LogP contribution in [0.15, 0.2) is 48.7 Å². The zero-order chi connectivity index (χ0) is 26.2. The van der Waals surface area contributed by atoms with E-state index >= 15 is 0 Å². The van der Waals surface area contributed by atoms with Crippen LogP contribution in [0.25, 0.3) is 11.1 Å². The van der Waals surface area contributed by atoms with Crippen molar-refractivity contribution in [1.82, 2.24) is 10.3 Å². The lowest BCUT2D eigenvalue weighted by molar-refractivity contribution is -0.160. The molecule has 1 aliphatic heterocycles. The van der Waals surface area contributed by atoms with E-state index < -0.39 is 23.7 Å². The summed E-state index contributed by atoms with van der Waals surface area (Å²) in [5, 5.41) is 13.6. The number of rotatable bonds is 6. The number of carboxylic acids is 1. The number of aliphatic carboxylic acids is 1. The minimum atomic E-state index is -1.15. The summed E-state index contributed by atoms with van der Waals surface area (Å²) in [5.74, 6) is -1.13. The highest BCUT2D eigenvalue weighted by molar-refractivity contribution is 6.00. The van der Waals surface area contributed by atoms with Gasteiger partial charge in [0, 0.05) is 18.3 Å². The largest absolute Gasteiger partial charge is 0.479 e. The molecule has 2 atom stereocenters. The van der Waals surface area contributed by atoms with E-state index in [1.165, 1.54) is 0 Å². The van der Waals surface area contributed by atoms with Gasteiger partial charge in [0.15, 0.2) is 6.10 Å². The molecule has 1 aromatic heterocycles. The Morgan fingerprint density at radius 1 is 1.06 bits per heavy atom. The molecule has 0 amide bonds. The first-order valence-corrected chi connectivity index (χ1v) is 12.3. The van der Waals surface area contributed by atoms with Crippen LogP contribution in [0.1, 0.15) is 76.8 Å². The SMILES string of the molecule is Cc1ccc(-c2c([C@H](OC(C)(C)C)C(=O)O)cc3c(c2C)C(C(=O)c2ccc(C)cn2)NCC3)cc1. The van der Waals surface area contributed by atoms with Crippen LogP contribution in [-0.2, 0) is 16.0 Å². The number of carboxylic acid groups (broad SMARTS) is 1. The van der Waals surface area contributed by atoms with E-state index in [-0.39, 0.29) is 5.78 Å². The number of carbonyl (C=O) groups excluding carboxylic acids is 1. The van der Waals surface area contributed by atoms with Gasteiger partial charge in [-0.15, -0.1) is 0 Å². The third-order valence-electron chi connectivity index (χ3n) is 6.52. The molecule has 0 aliphatic carbocycles. The third-order valence-corrected chi connectivity index (χ3v) is 6.52. The predicted molar refractivity (Wildman–Crippen MR) is 140 cm³/mol. The number of nitrogens with one attached hydrogen (secondary N) is 1. The minimum Gasteiger partial charge on any atom is -0.479 e. The Kier molecular flexibility index (Phi) is 7.12. The summed E-state index contributed by atoms with van der Waals surface area (Å²) in [4.78, 5) is 30.4. The molecule has 0 saturated carbocycles. The molecule has 36 heavy (non-hydrogen) atoms. The normalized spacial score (nSPS) is 16.3. The van der Waals surface area contributed by atoms with Crippen LogP contribution in [0.2, 0.25) is 0 Å². The number of ether oxygens (including phenoxy) is 1. The Bertz CT molecular complexity index is 1290. The summed E-state index contributed by atoms with van der Waals surface area (Å²) < 4.78 is 6.08. The molecule has 0 radical (unpaired) electrons. The van der Waals surface area contributed by atoms with E-state index in [1.54, 1.807) is 12.3 Å². The molecule has 1 aliphatic rings. The highest BCUT2D eigenvalue weighted by Crippen LogP contribution is 2.41. The molecule has 2 aromatic carbocycles. The number of ketones is 1. The topological polar surface area (TPSA) is 88.5 Å². The Morgan fingerprint density at radius 3 is 2.31 bits per heavy atom. The summed E-state index contributed by atoms with van der Waals surface area (Å²) in [6, 6.07) is 13.0. The highest BCUT2D eigenvalue weighted by atomic mass is 16.5. The molecule has 2 heterocycles. The number of aryl methyl sites for hydroxylation is 2. The van der Waals surface area contributed by atoms with Crippen molar-refractivity contribution in [3.63, 3.8) is 0 Å². The number of hydrogen-bond donors (Lipinski definition) is 2. The number of benzene rings is 2. The van der Waals surface area contributed by atoms with Crippen LogP contribution in [0.5, 0.6) is 0 Å². The zero-order valence-electron chi connectivity index (χ0n) is 21.8. The Labute approximate surface area is 212 Å². The van der Waals surface area contributed by atoms with E-state index in [0.717, 1.165) is 38.9 Å². The van der Waals surface area contributed by atoms with Gasteiger partial charge in [-0.25, -0.2) is 4.79 Å². The smallest absolute Gasteiger partial charge is 0.337 e. The van der Waals surface area contributed by atoms with Crippen LogP contribution in [0, 0.1) is 20.8 Å². The molecule has 1 unspecified atom stereocenters. The summed E-state index contributed by atoms with van der Waals surface area (Å²) in [7, 11) is 0. The van der Waals surface area contributed by atoms with Crippen LogP contribution in [0.4, 0.5) is 0 Å². The van der Waals surface area contributed by atoms with Crippen LogP contribution >= 0.6 is 0 Å². The van der Waals surface area contributed by atoms with Crippen molar-refractivity contribution in [2.45, 2.75) is 65.7 Å². The zero-order valence-corrected chi connectivity index (χ0v) is 21.8. The number of Topliss-reactive ketones (excluding diaryl/α,β-unsaturated/α-hetero) is 1. The monoisotopic (exact) mass is 486 g/mol. The number of pyridine rings is 1. The number of hydrogen-bond acceptors (Lipinski definition) is 5. The van der Waals surface area contributed by atoms with Crippen molar-refractivity contribution in [2.24, 2.45) is 0 Å². The van der Waals surface area contributed by atoms with Gasteiger partial charge in [0.05, 0.1) is 11.6 Å². The number of aromatic nitrogens is 1. The number of fused-ring (bicyclic) bond motifs is 1. The fraction of sp³-hybridized carbons (Fsp3) is 0.367. The molecule has 188 valence electrons. The van der Waals surface area contributed by atoms with E-state index in [9.17, 15) is 14.7 Å². The van der Waals surface area contributed by atoms with E-state index in [2.05, 4.69) is 10.3 Å².